The third-order valence-corrected chi connectivity index (χ3v) is 8.59. The first-order valence-electron chi connectivity index (χ1n) is 9.85. The third kappa shape index (κ3) is 4.45. The van der Waals surface area contributed by atoms with Gasteiger partial charge in [0.15, 0.2) is 0 Å². The topological polar surface area (TPSA) is 79.4 Å². The van der Waals surface area contributed by atoms with Crippen molar-refractivity contribution in [2.24, 2.45) is 5.92 Å². The molecule has 0 saturated carbocycles. The number of thiophene rings is 1. The number of aromatic nitrogens is 1. The highest BCUT2D eigenvalue weighted by atomic mass is 32.2. The predicted molar refractivity (Wildman–Crippen MR) is 116 cm³/mol. The van der Waals surface area contributed by atoms with E-state index in [1.165, 1.54) is 15.6 Å². The Morgan fingerprint density at radius 2 is 1.77 bits per heavy atom. The molecule has 156 valence electrons. The Balaban J connectivity index is 1.44. The molecule has 1 amide bonds. The van der Waals surface area contributed by atoms with Crippen molar-refractivity contribution in [2.45, 2.75) is 23.1 Å². The molecule has 3 aromatic rings. The minimum Gasteiger partial charge on any atom is -0.343 e. The molecule has 4 rings (SSSR count). The molecular weight excluding hydrogens is 418 g/mol. The molecule has 1 aromatic carbocycles. The summed E-state index contributed by atoms with van der Waals surface area (Å²) in [5, 5.41) is 4.89. The minimum atomic E-state index is -3.47. The first kappa shape index (κ1) is 20.7. The van der Waals surface area contributed by atoms with E-state index in [2.05, 4.69) is 10.3 Å². The molecule has 1 saturated heterocycles. The molecule has 8 heteroatoms. The predicted octanol–water partition coefficient (Wildman–Crippen LogP) is 3.45. The van der Waals surface area contributed by atoms with Crippen LogP contribution in [0.3, 0.4) is 0 Å². The lowest BCUT2D eigenvalue weighted by Crippen LogP contribution is -2.43. The molecule has 30 heavy (non-hydrogen) atoms. The molecule has 2 aromatic heterocycles. The van der Waals surface area contributed by atoms with Crippen LogP contribution in [0.15, 0.2) is 76.4 Å². The number of pyridine rings is 1. The lowest BCUT2D eigenvalue weighted by atomic mass is 9.95. The summed E-state index contributed by atoms with van der Waals surface area (Å²) in [4.78, 5) is 17.5. The van der Waals surface area contributed by atoms with Gasteiger partial charge < -0.3 is 5.32 Å². The van der Waals surface area contributed by atoms with E-state index in [-0.39, 0.29) is 17.9 Å². The van der Waals surface area contributed by atoms with Crippen LogP contribution in [0.4, 0.5) is 0 Å². The van der Waals surface area contributed by atoms with Crippen LogP contribution in [-0.2, 0) is 14.8 Å². The molecule has 6 nitrogen and oxygen atoms in total. The number of amides is 1. The van der Waals surface area contributed by atoms with Gasteiger partial charge in [0.05, 0.1) is 11.7 Å². The molecule has 0 spiro atoms. The van der Waals surface area contributed by atoms with Gasteiger partial charge in [-0.3, -0.25) is 9.78 Å². The maximum atomic E-state index is 13.0. The average molecular weight is 442 g/mol. The number of nitrogens with one attached hydrogen (secondary N) is 1. The second-order valence-corrected chi connectivity index (χ2v) is 10.3. The van der Waals surface area contributed by atoms with Crippen LogP contribution in [0.5, 0.6) is 0 Å². The fourth-order valence-electron chi connectivity index (χ4n) is 3.68. The van der Waals surface area contributed by atoms with Gasteiger partial charge in [-0.25, -0.2) is 8.42 Å². The van der Waals surface area contributed by atoms with Crippen LogP contribution in [0, 0.1) is 5.92 Å². The van der Waals surface area contributed by atoms with Gasteiger partial charge in [-0.1, -0.05) is 42.5 Å². The van der Waals surface area contributed by atoms with E-state index in [9.17, 15) is 13.2 Å². The minimum absolute atomic E-state index is 0.0670. The van der Waals surface area contributed by atoms with Crippen LogP contribution >= 0.6 is 11.3 Å². The number of hydrogen-bond acceptors (Lipinski definition) is 5. The number of piperidine rings is 1. The Hall–Kier alpha value is -2.55. The fraction of sp³-hybridized carbons (Fsp3) is 0.273. The first-order chi connectivity index (χ1) is 14.6. The SMILES string of the molecule is O=C(NC(c1ccccc1)c1ccccn1)C1CCN(S(=O)(=O)c2cccs2)CC1. The molecule has 1 N–H and O–H groups in total. The monoisotopic (exact) mass is 441 g/mol. The number of nitrogens with zero attached hydrogens (tertiary/aromatic N) is 2. The summed E-state index contributed by atoms with van der Waals surface area (Å²) in [6.45, 7) is 0.690. The van der Waals surface area contributed by atoms with Gasteiger partial charge in [-0.2, -0.15) is 4.31 Å². The maximum absolute atomic E-state index is 13.0. The second-order valence-electron chi connectivity index (χ2n) is 7.22. The number of hydrogen-bond donors (Lipinski definition) is 1. The molecule has 0 bridgehead atoms. The van der Waals surface area contributed by atoms with Crippen molar-refractivity contribution in [2.75, 3.05) is 13.1 Å². The van der Waals surface area contributed by atoms with E-state index in [4.69, 9.17) is 0 Å². The summed E-state index contributed by atoms with van der Waals surface area (Å²) in [6.07, 6.45) is 2.71. The number of benzene rings is 1. The zero-order chi connectivity index (χ0) is 21.0. The number of rotatable bonds is 6. The lowest BCUT2D eigenvalue weighted by Gasteiger charge is -2.31. The molecule has 0 radical (unpaired) electrons. The van der Waals surface area contributed by atoms with Gasteiger partial charge in [0, 0.05) is 25.2 Å². The Morgan fingerprint density at radius 1 is 1.03 bits per heavy atom. The van der Waals surface area contributed by atoms with Crippen molar-refractivity contribution in [3.63, 3.8) is 0 Å². The molecule has 1 atom stereocenters. The van der Waals surface area contributed by atoms with E-state index in [1.807, 2.05) is 48.5 Å². The standard InChI is InChI=1S/C22H23N3O3S2/c26-22(18-11-14-25(15-12-18)30(27,28)20-10-6-16-29-20)24-21(17-7-2-1-3-8-17)19-9-4-5-13-23-19/h1-10,13,16,18,21H,11-12,14-15H2,(H,24,26). The van der Waals surface area contributed by atoms with E-state index in [0.29, 0.717) is 30.1 Å². The van der Waals surface area contributed by atoms with Crippen LogP contribution in [0.2, 0.25) is 0 Å². The van der Waals surface area contributed by atoms with Crippen molar-refractivity contribution < 1.29 is 13.2 Å². The van der Waals surface area contributed by atoms with Crippen LogP contribution < -0.4 is 5.32 Å². The summed E-state index contributed by atoms with van der Waals surface area (Å²) < 4.78 is 27.2. The van der Waals surface area contributed by atoms with E-state index in [0.717, 1.165) is 11.3 Å². The van der Waals surface area contributed by atoms with Crippen LogP contribution in [0.1, 0.15) is 30.1 Å². The molecule has 1 aliphatic heterocycles. The molecular formula is C22H23N3O3S2. The summed E-state index contributed by atoms with van der Waals surface area (Å²) in [5.41, 5.74) is 1.73. The first-order valence-corrected chi connectivity index (χ1v) is 12.2. The molecule has 1 unspecified atom stereocenters. The Kier molecular flexibility index (Phi) is 6.26. The van der Waals surface area contributed by atoms with Crippen molar-refractivity contribution in [1.82, 2.24) is 14.6 Å². The second kappa shape index (κ2) is 9.07. The Morgan fingerprint density at radius 3 is 2.40 bits per heavy atom. The van der Waals surface area contributed by atoms with E-state index in [1.54, 1.807) is 23.7 Å². The van der Waals surface area contributed by atoms with Gasteiger partial charge >= 0.3 is 0 Å². The quantitative estimate of drug-likeness (QED) is 0.635. The third-order valence-electron chi connectivity index (χ3n) is 5.32. The normalized spacial score (nSPS) is 16.8. The number of carbonyl (C=O) groups is 1. The highest BCUT2D eigenvalue weighted by molar-refractivity contribution is 7.91. The van der Waals surface area contributed by atoms with Gasteiger partial charge in [0.2, 0.25) is 5.91 Å². The number of carbonyl (C=O) groups excluding carboxylic acids is 1. The van der Waals surface area contributed by atoms with Gasteiger partial charge in [0.25, 0.3) is 10.0 Å². The summed E-state index contributed by atoms with van der Waals surface area (Å²) in [6, 6.07) is 18.4. The van der Waals surface area contributed by atoms with Gasteiger partial charge in [0.1, 0.15) is 4.21 Å². The van der Waals surface area contributed by atoms with Crippen molar-refractivity contribution in [3.05, 3.63) is 83.5 Å². The Labute approximate surface area is 180 Å². The lowest BCUT2D eigenvalue weighted by molar-refractivity contribution is -0.126. The van der Waals surface area contributed by atoms with E-state index < -0.39 is 10.0 Å². The molecule has 3 heterocycles. The molecule has 1 fully saturated rings. The van der Waals surface area contributed by atoms with Gasteiger partial charge in [-0.15, -0.1) is 11.3 Å². The summed E-state index contributed by atoms with van der Waals surface area (Å²) in [5.74, 6) is -0.294. The summed E-state index contributed by atoms with van der Waals surface area (Å²) >= 11 is 1.22. The van der Waals surface area contributed by atoms with Crippen molar-refractivity contribution >= 4 is 27.3 Å². The molecule has 1 aliphatic rings. The highest BCUT2D eigenvalue weighted by Crippen LogP contribution is 2.27. The van der Waals surface area contributed by atoms with E-state index >= 15 is 0 Å². The molecule has 0 aliphatic carbocycles. The van der Waals surface area contributed by atoms with Crippen LogP contribution in [0.25, 0.3) is 0 Å². The zero-order valence-corrected chi connectivity index (χ0v) is 18.0. The number of sulfonamides is 1. The largest absolute Gasteiger partial charge is 0.343 e. The smallest absolute Gasteiger partial charge is 0.252 e. The average Bonchev–Trinajstić information content (AvgIpc) is 3.35. The van der Waals surface area contributed by atoms with Crippen molar-refractivity contribution in [1.29, 1.82) is 0 Å². The maximum Gasteiger partial charge on any atom is 0.252 e. The van der Waals surface area contributed by atoms with Gasteiger partial charge in [-0.05, 0) is 42.0 Å². The highest BCUT2D eigenvalue weighted by Gasteiger charge is 2.33. The zero-order valence-electron chi connectivity index (χ0n) is 16.3. The Bertz CT molecular complexity index is 1020. The fourth-order valence-corrected chi connectivity index (χ4v) is 6.29. The van der Waals surface area contributed by atoms with Crippen LogP contribution in [-0.4, -0.2) is 36.7 Å². The summed E-state index contributed by atoms with van der Waals surface area (Å²) in [7, 11) is -3.47. The van der Waals surface area contributed by atoms with Crippen molar-refractivity contribution in [3.8, 4) is 0 Å².